The van der Waals surface area contributed by atoms with E-state index in [-0.39, 0.29) is 17.1 Å². The minimum absolute atomic E-state index is 0.0433. The number of benzene rings is 2. The summed E-state index contributed by atoms with van der Waals surface area (Å²) < 4.78 is 0. The van der Waals surface area contributed by atoms with E-state index < -0.39 is 27.1 Å². The number of nitro benzene ring substituents is 2. The van der Waals surface area contributed by atoms with Crippen molar-refractivity contribution in [2.45, 2.75) is 0 Å². The van der Waals surface area contributed by atoms with Crippen molar-refractivity contribution in [3.05, 3.63) is 92.8 Å². The molecule has 12 heteroatoms. The predicted octanol–water partition coefficient (Wildman–Crippen LogP) is 3.49. The first-order chi connectivity index (χ1) is 16.3. The van der Waals surface area contributed by atoms with Crippen molar-refractivity contribution >= 4 is 45.8 Å². The number of carbonyl (C=O) groups excluding carboxylic acids is 1. The van der Waals surface area contributed by atoms with Gasteiger partial charge in [-0.05, 0) is 42.5 Å². The summed E-state index contributed by atoms with van der Waals surface area (Å²) >= 11 is 0. The van der Waals surface area contributed by atoms with Crippen molar-refractivity contribution in [1.29, 1.82) is 0 Å². The maximum Gasteiger partial charge on any atom is 0.301 e. The minimum Gasteiger partial charge on any atom is -0.378 e. The van der Waals surface area contributed by atoms with Crippen LogP contribution in [-0.4, -0.2) is 46.3 Å². The zero-order chi connectivity index (χ0) is 24.4. The standard InChI is InChI=1S/C22H17N7O5/c1-26(2)16-7-5-15(6-8-16)24-21-20(14-4-3-11-23-13-14)25-27(22(21)30)18-10-9-17(28(31)32)12-19(18)29(33)34/h3-13H,1-2H3. The summed E-state index contributed by atoms with van der Waals surface area (Å²) in [5.74, 6) is -0.715. The van der Waals surface area contributed by atoms with Crippen LogP contribution in [0.2, 0.25) is 0 Å². The summed E-state index contributed by atoms with van der Waals surface area (Å²) in [6, 6.07) is 13.4. The fraction of sp³-hybridized carbons (Fsp3) is 0.0909. The number of hydrazone groups is 1. The number of pyridine rings is 1. The number of nitrogens with zero attached hydrogens (tertiary/aromatic N) is 7. The lowest BCUT2D eigenvalue weighted by atomic mass is 10.1. The molecule has 1 aliphatic heterocycles. The summed E-state index contributed by atoms with van der Waals surface area (Å²) in [5.41, 5.74) is 0.695. The molecule has 34 heavy (non-hydrogen) atoms. The average molecular weight is 459 g/mol. The van der Waals surface area contributed by atoms with Crippen molar-refractivity contribution in [2.24, 2.45) is 10.1 Å². The summed E-state index contributed by atoms with van der Waals surface area (Å²) in [6.45, 7) is 0. The summed E-state index contributed by atoms with van der Waals surface area (Å²) in [5, 5.41) is 27.8. The van der Waals surface area contributed by atoms with Gasteiger partial charge in [0.15, 0.2) is 5.71 Å². The van der Waals surface area contributed by atoms with E-state index in [4.69, 9.17) is 0 Å². The highest BCUT2D eigenvalue weighted by molar-refractivity contribution is 6.74. The first-order valence-corrected chi connectivity index (χ1v) is 9.89. The third-order valence-corrected chi connectivity index (χ3v) is 4.96. The molecule has 0 saturated carbocycles. The third kappa shape index (κ3) is 4.19. The Morgan fingerprint density at radius 1 is 1.00 bits per heavy atom. The van der Waals surface area contributed by atoms with Gasteiger partial charge in [-0.1, -0.05) is 0 Å². The number of non-ortho nitro benzene ring substituents is 1. The van der Waals surface area contributed by atoms with Crippen molar-refractivity contribution in [3.8, 4) is 0 Å². The normalized spacial score (nSPS) is 14.3. The molecule has 1 aromatic heterocycles. The van der Waals surface area contributed by atoms with Crippen molar-refractivity contribution in [3.63, 3.8) is 0 Å². The molecule has 3 aromatic rings. The molecule has 0 fully saturated rings. The Morgan fingerprint density at radius 3 is 2.32 bits per heavy atom. The van der Waals surface area contributed by atoms with Gasteiger partial charge in [0.25, 0.3) is 11.6 Å². The Bertz CT molecular complexity index is 1350. The summed E-state index contributed by atoms with van der Waals surface area (Å²) in [4.78, 5) is 44.9. The number of aliphatic imine (C=N–C) groups is 1. The molecule has 0 aliphatic carbocycles. The molecular formula is C22H17N7O5. The molecular weight excluding hydrogens is 442 g/mol. The smallest absolute Gasteiger partial charge is 0.301 e. The number of amides is 1. The van der Waals surface area contributed by atoms with Crippen LogP contribution in [0.5, 0.6) is 0 Å². The Balaban J connectivity index is 1.84. The van der Waals surface area contributed by atoms with Crippen LogP contribution in [0.3, 0.4) is 0 Å². The highest BCUT2D eigenvalue weighted by atomic mass is 16.6. The van der Waals surface area contributed by atoms with Crippen molar-refractivity contribution < 1.29 is 14.6 Å². The van der Waals surface area contributed by atoms with Gasteiger partial charge in [0, 0.05) is 43.8 Å². The van der Waals surface area contributed by atoms with Gasteiger partial charge in [0.05, 0.1) is 21.6 Å². The van der Waals surface area contributed by atoms with Crippen LogP contribution in [0, 0.1) is 20.2 Å². The number of hydrogen-bond donors (Lipinski definition) is 0. The number of anilines is 2. The van der Waals surface area contributed by atoms with Gasteiger partial charge in [0.2, 0.25) is 0 Å². The van der Waals surface area contributed by atoms with Gasteiger partial charge in [-0.25, -0.2) is 4.99 Å². The lowest BCUT2D eigenvalue weighted by Gasteiger charge is -2.12. The average Bonchev–Trinajstić information content (AvgIpc) is 3.15. The zero-order valence-electron chi connectivity index (χ0n) is 18.0. The second kappa shape index (κ2) is 8.86. The maximum absolute atomic E-state index is 13.4. The number of aromatic nitrogens is 1. The van der Waals surface area contributed by atoms with Crippen molar-refractivity contribution in [1.82, 2.24) is 4.98 Å². The number of nitro groups is 2. The Labute approximate surface area is 192 Å². The van der Waals surface area contributed by atoms with Crippen LogP contribution >= 0.6 is 0 Å². The molecule has 1 amide bonds. The van der Waals surface area contributed by atoms with E-state index in [1.165, 1.54) is 6.20 Å². The summed E-state index contributed by atoms with van der Waals surface area (Å²) in [7, 11) is 3.78. The molecule has 0 unspecified atom stereocenters. The van der Waals surface area contributed by atoms with Crippen LogP contribution in [0.15, 0.2) is 77.1 Å². The van der Waals surface area contributed by atoms with Gasteiger partial charge in [-0.15, -0.1) is 0 Å². The highest BCUT2D eigenvalue weighted by Crippen LogP contribution is 2.34. The van der Waals surface area contributed by atoms with Crippen LogP contribution in [0.4, 0.5) is 28.4 Å². The van der Waals surface area contributed by atoms with Gasteiger partial charge in [0.1, 0.15) is 11.4 Å². The van der Waals surface area contributed by atoms with E-state index in [0.29, 0.717) is 11.3 Å². The van der Waals surface area contributed by atoms with Gasteiger partial charge in [-0.3, -0.25) is 30.0 Å². The van der Waals surface area contributed by atoms with E-state index >= 15 is 0 Å². The molecule has 0 N–H and O–H groups in total. The van der Waals surface area contributed by atoms with Crippen LogP contribution < -0.4 is 9.91 Å². The Hall–Kier alpha value is -5.00. The number of rotatable bonds is 6. The van der Waals surface area contributed by atoms with Gasteiger partial charge < -0.3 is 4.90 Å². The molecule has 4 rings (SSSR count). The van der Waals surface area contributed by atoms with Gasteiger partial charge in [-0.2, -0.15) is 10.1 Å². The van der Waals surface area contributed by atoms with E-state index in [1.54, 1.807) is 30.5 Å². The molecule has 0 saturated heterocycles. The molecule has 2 aromatic carbocycles. The van der Waals surface area contributed by atoms with Crippen LogP contribution in [0.1, 0.15) is 5.56 Å². The third-order valence-electron chi connectivity index (χ3n) is 4.96. The fourth-order valence-electron chi connectivity index (χ4n) is 3.26. The molecule has 0 bridgehead atoms. The summed E-state index contributed by atoms with van der Waals surface area (Å²) in [6.07, 6.45) is 3.04. The van der Waals surface area contributed by atoms with Crippen molar-refractivity contribution in [2.75, 3.05) is 24.0 Å². The van der Waals surface area contributed by atoms with E-state index in [0.717, 1.165) is 28.9 Å². The molecule has 1 aliphatic rings. The quantitative estimate of drug-likeness (QED) is 0.405. The zero-order valence-corrected chi connectivity index (χ0v) is 18.0. The monoisotopic (exact) mass is 459 g/mol. The predicted molar refractivity (Wildman–Crippen MR) is 126 cm³/mol. The van der Waals surface area contributed by atoms with E-state index in [9.17, 15) is 25.0 Å². The minimum atomic E-state index is -0.802. The van der Waals surface area contributed by atoms with Crippen LogP contribution in [0.25, 0.3) is 0 Å². The van der Waals surface area contributed by atoms with Crippen LogP contribution in [-0.2, 0) is 4.79 Å². The fourth-order valence-corrected chi connectivity index (χ4v) is 3.26. The molecule has 2 heterocycles. The first-order valence-electron chi connectivity index (χ1n) is 9.89. The SMILES string of the molecule is CN(C)c1ccc(N=C2C(=O)N(c3ccc([N+](=O)[O-])cc3[N+](=O)[O-])N=C2c2cccnc2)cc1. The van der Waals surface area contributed by atoms with E-state index in [2.05, 4.69) is 15.1 Å². The molecule has 170 valence electrons. The number of hydrogen-bond acceptors (Lipinski definition) is 9. The maximum atomic E-state index is 13.4. The molecule has 0 atom stereocenters. The Morgan fingerprint density at radius 2 is 1.74 bits per heavy atom. The molecule has 0 spiro atoms. The lowest BCUT2D eigenvalue weighted by molar-refractivity contribution is -0.393. The topological polar surface area (TPSA) is 147 Å². The molecule has 0 radical (unpaired) electrons. The number of carbonyl (C=O) groups is 1. The second-order valence-corrected chi connectivity index (χ2v) is 7.37. The Kier molecular flexibility index (Phi) is 5.79. The van der Waals surface area contributed by atoms with Gasteiger partial charge >= 0.3 is 5.69 Å². The largest absolute Gasteiger partial charge is 0.378 e. The van der Waals surface area contributed by atoms with E-state index in [1.807, 2.05) is 31.1 Å². The second-order valence-electron chi connectivity index (χ2n) is 7.37. The highest BCUT2D eigenvalue weighted by Gasteiger charge is 2.37. The lowest BCUT2D eigenvalue weighted by Crippen LogP contribution is -2.28. The first kappa shape index (κ1) is 22.2. The molecule has 12 nitrogen and oxygen atoms in total.